The van der Waals surface area contributed by atoms with Gasteiger partial charge in [-0.05, 0) is 87.7 Å². The first-order valence-electron chi connectivity index (χ1n) is 14.8. The minimum absolute atomic E-state index is 0.00208. The number of amides is 2. The maximum Gasteiger partial charge on any atom is 0.264 e. The van der Waals surface area contributed by atoms with Crippen LogP contribution in [0.5, 0.6) is 0 Å². The Morgan fingerprint density at radius 2 is 1.40 bits per heavy atom. The molecule has 0 saturated heterocycles. The first-order valence-corrected chi connectivity index (χ1v) is 16.6. The summed E-state index contributed by atoms with van der Waals surface area (Å²) in [6.07, 6.45) is 0.245. The number of rotatable bonds is 11. The van der Waals surface area contributed by atoms with Crippen molar-refractivity contribution < 1.29 is 18.0 Å². The Kier molecular flexibility index (Phi) is 10.7. The average Bonchev–Trinajstić information content (AvgIpc) is 2.97. The van der Waals surface area contributed by atoms with Crippen LogP contribution in [0.1, 0.15) is 43.0 Å². The molecule has 7 nitrogen and oxygen atoms in total. The van der Waals surface area contributed by atoms with Gasteiger partial charge in [-0.3, -0.25) is 13.9 Å². The molecular formula is C36H40ClN3O4S. The lowest BCUT2D eigenvalue weighted by molar-refractivity contribution is -0.140. The Hall–Kier alpha value is -4.14. The van der Waals surface area contributed by atoms with Crippen LogP contribution in [0.2, 0.25) is 5.02 Å². The van der Waals surface area contributed by atoms with Gasteiger partial charge < -0.3 is 10.2 Å². The number of nitrogens with zero attached hydrogens (tertiary/aromatic N) is 2. The van der Waals surface area contributed by atoms with Gasteiger partial charge in [-0.2, -0.15) is 0 Å². The van der Waals surface area contributed by atoms with Gasteiger partial charge in [0.1, 0.15) is 12.6 Å². The van der Waals surface area contributed by atoms with Gasteiger partial charge in [0, 0.05) is 23.5 Å². The summed E-state index contributed by atoms with van der Waals surface area (Å²) in [4.78, 5) is 30.0. The number of hydrogen-bond donors (Lipinski definition) is 1. The second-order valence-corrected chi connectivity index (χ2v) is 14.6. The van der Waals surface area contributed by atoms with Gasteiger partial charge in [0.05, 0.1) is 10.6 Å². The van der Waals surface area contributed by atoms with Crippen molar-refractivity contribution >= 4 is 39.1 Å². The molecule has 0 saturated carbocycles. The van der Waals surface area contributed by atoms with E-state index in [0.717, 1.165) is 26.6 Å². The van der Waals surface area contributed by atoms with Crippen molar-refractivity contribution in [1.29, 1.82) is 0 Å². The highest BCUT2D eigenvalue weighted by molar-refractivity contribution is 7.92. The highest BCUT2D eigenvalue weighted by atomic mass is 35.5. The van der Waals surface area contributed by atoms with Gasteiger partial charge in [0.15, 0.2) is 0 Å². The van der Waals surface area contributed by atoms with E-state index < -0.39 is 34.1 Å². The normalized spacial score (nSPS) is 12.3. The van der Waals surface area contributed by atoms with Crippen LogP contribution in [0.25, 0.3) is 0 Å². The molecule has 0 fully saturated rings. The zero-order valence-corrected chi connectivity index (χ0v) is 27.9. The molecule has 1 atom stereocenters. The molecule has 0 unspecified atom stereocenters. The quantitative estimate of drug-likeness (QED) is 0.197. The number of nitrogens with one attached hydrogen (secondary N) is 1. The molecule has 0 bridgehead atoms. The molecule has 0 spiro atoms. The van der Waals surface area contributed by atoms with Crippen molar-refractivity contribution in [2.75, 3.05) is 10.8 Å². The molecule has 0 aromatic heterocycles. The average molecular weight is 646 g/mol. The number of aryl methyl sites for hydroxylation is 2. The molecule has 236 valence electrons. The summed E-state index contributed by atoms with van der Waals surface area (Å²) >= 11 is 6.06. The first kappa shape index (κ1) is 33.7. The second kappa shape index (κ2) is 14.3. The van der Waals surface area contributed by atoms with Crippen molar-refractivity contribution in [3.8, 4) is 0 Å². The highest BCUT2D eigenvalue weighted by Crippen LogP contribution is 2.27. The third-order valence-corrected chi connectivity index (χ3v) is 9.21. The minimum atomic E-state index is -4.20. The summed E-state index contributed by atoms with van der Waals surface area (Å²) in [6.45, 7) is 9.06. The maximum absolute atomic E-state index is 14.6. The predicted octanol–water partition coefficient (Wildman–Crippen LogP) is 6.71. The largest absolute Gasteiger partial charge is 0.350 e. The van der Waals surface area contributed by atoms with Gasteiger partial charge in [-0.1, -0.05) is 83.9 Å². The molecular weight excluding hydrogens is 606 g/mol. The Labute approximate surface area is 271 Å². The van der Waals surface area contributed by atoms with E-state index in [1.165, 1.54) is 29.2 Å². The van der Waals surface area contributed by atoms with E-state index in [9.17, 15) is 18.0 Å². The van der Waals surface area contributed by atoms with E-state index in [1.54, 1.807) is 18.2 Å². The van der Waals surface area contributed by atoms with Crippen LogP contribution >= 0.6 is 11.6 Å². The van der Waals surface area contributed by atoms with Crippen molar-refractivity contribution in [2.24, 2.45) is 0 Å². The Morgan fingerprint density at radius 1 is 0.800 bits per heavy atom. The van der Waals surface area contributed by atoms with E-state index in [1.807, 2.05) is 95.3 Å². The monoisotopic (exact) mass is 645 g/mol. The summed E-state index contributed by atoms with van der Waals surface area (Å²) in [5.74, 6) is -0.837. The van der Waals surface area contributed by atoms with Crippen molar-refractivity contribution in [1.82, 2.24) is 10.2 Å². The van der Waals surface area contributed by atoms with Crippen LogP contribution in [-0.4, -0.2) is 43.3 Å². The third-order valence-electron chi connectivity index (χ3n) is 7.17. The fourth-order valence-electron chi connectivity index (χ4n) is 5.06. The molecule has 9 heteroatoms. The number of anilines is 1. The molecule has 0 aliphatic rings. The lowest BCUT2D eigenvalue weighted by Crippen LogP contribution is -2.56. The number of benzene rings is 4. The SMILES string of the molecule is Cc1cccc(CN(C(=O)CN(c2cccc(C)c2)S(=O)(=O)c2ccc(Cl)cc2)[C@H](Cc2ccccc2)C(=O)NC(C)(C)C)c1. The molecule has 4 aromatic rings. The van der Waals surface area contributed by atoms with Gasteiger partial charge >= 0.3 is 0 Å². The maximum atomic E-state index is 14.6. The van der Waals surface area contributed by atoms with Crippen LogP contribution < -0.4 is 9.62 Å². The van der Waals surface area contributed by atoms with E-state index in [2.05, 4.69) is 5.32 Å². The van der Waals surface area contributed by atoms with Crippen molar-refractivity contribution in [2.45, 2.75) is 64.1 Å². The number of sulfonamides is 1. The lowest BCUT2D eigenvalue weighted by Gasteiger charge is -2.35. The molecule has 0 aliphatic heterocycles. The summed E-state index contributed by atoms with van der Waals surface area (Å²) in [7, 11) is -4.20. The summed E-state index contributed by atoms with van der Waals surface area (Å²) < 4.78 is 29.4. The number of hydrogen-bond acceptors (Lipinski definition) is 4. The Bertz CT molecular complexity index is 1740. The molecule has 45 heavy (non-hydrogen) atoms. The van der Waals surface area contributed by atoms with E-state index in [4.69, 9.17) is 11.6 Å². The Balaban J connectivity index is 1.82. The van der Waals surface area contributed by atoms with Gasteiger partial charge in [-0.25, -0.2) is 8.42 Å². The standard InChI is InChI=1S/C36H40ClN3O4S/c1-26-11-9-15-29(21-26)24-39(33(35(42)38-36(3,4)5)23-28-13-7-6-8-14-28)34(41)25-40(31-16-10-12-27(2)22-31)45(43,44)32-19-17-30(37)18-20-32/h6-22,33H,23-25H2,1-5H3,(H,38,42)/t33-/m1/s1. The third kappa shape index (κ3) is 9.19. The summed E-state index contributed by atoms with van der Waals surface area (Å²) in [5, 5.41) is 3.44. The summed E-state index contributed by atoms with van der Waals surface area (Å²) in [6, 6.07) is 29.1. The van der Waals surface area contributed by atoms with Crippen LogP contribution in [-0.2, 0) is 32.6 Å². The molecule has 0 heterocycles. The molecule has 2 amide bonds. The molecule has 0 radical (unpaired) electrons. The fraction of sp³-hybridized carbons (Fsp3) is 0.278. The summed E-state index contributed by atoms with van der Waals surface area (Å²) in [5.41, 5.74) is 3.32. The Morgan fingerprint density at radius 3 is 2.00 bits per heavy atom. The van der Waals surface area contributed by atoms with Crippen LogP contribution in [0.3, 0.4) is 0 Å². The highest BCUT2D eigenvalue weighted by Gasteiger charge is 2.35. The van der Waals surface area contributed by atoms with E-state index in [0.29, 0.717) is 10.7 Å². The zero-order valence-electron chi connectivity index (χ0n) is 26.3. The minimum Gasteiger partial charge on any atom is -0.350 e. The van der Waals surface area contributed by atoms with Crippen LogP contribution in [0.4, 0.5) is 5.69 Å². The van der Waals surface area contributed by atoms with Crippen molar-refractivity contribution in [3.63, 3.8) is 0 Å². The molecule has 0 aliphatic carbocycles. The van der Waals surface area contributed by atoms with Gasteiger partial charge in [0.2, 0.25) is 11.8 Å². The lowest BCUT2D eigenvalue weighted by atomic mass is 10.0. The van der Waals surface area contributed by atoms with Crippen molar-refractivity contribution in [3.05, 3.63) is 130 Å². The van der Waals surface area contributed by atoms with Crippen LogP contribution in [0, 0.1) is 13.8 Å². The smallest absolute Gasteiger partial charge is 0.264 e. The van der Waals surface area contributed by atoms with E-state index in [-0.39, 0.29) is 23.8 Å². The predicted molar refractivity (Wildman–Crippen MR) is 181 cm³/mol. The molecule has 1 N–H and O–H groups in total. The van der Waals surface area contributed by atoms with Gasteiger partial charge in [0.25, 0.3) is 10.0 Å². The number of carbonyl (C=O) groups is 2. The number of carbonyl (C=O) groups excluding carboxylic acids is 2. The van der Waals surface area contributed by atoms with Crippen LogP contribution in [0.15, 0.2) is 108 Å². The van der Waals surface area contributed by atoms with Gasteiger partial charge in [-0.15, -0.1) is 0 Å². The first-order chi connectivity index (χ1) is 21.2. The second-order valence-electron chi connectivity index (χ2n) is 12.3. The molecule has 4 rings (SSSR count). The topological polar surface area (TPSA) is 86.8 Å². The molecule has 4 aromatic carbocycles. The fourth-order valence-corrected chi connectivity index (χ4v) is 6.59. The number of halogens is 1. The zero-order chi connectivity index (χ0) is 32.8. The van der Waals surface area contributed by atoms with E-state index >= 15 is 0 Å².